The average Bonchev–Trinajstić information content (AvgIpc) is 3.03. The number of carbonyl (C=O) groups excluding carboxylic acids is 2. The monoisotopic (exact) mass is 425 g/mol. The van der Waals surface area contributed by atoms with Crippen LogP contribution in [0, 0.1) is 0 Å². The Morgan fingerprint density at radius 2 is 1.97 bits per heavy atom. The number of carbonyl (C=O) groups is 2. The largest absolute Gasteiger partial charge is 0.507 e. The molecule has 0 radical (unpaired) electrons. The number of Topliss-reactive ketones (excluding diaryl/α,β-unsaturated/α-hetero) is 1. The summed E-state index contributed by atoms with van der Waals surface area (Å²) >= 11 is 0. The van der Waals surface area contributed by atoms with Gasteiger partial charge in [0.25, 0.3) is 11.7 Å². The van der Waals surface area contributed by atoms with Crippen LogP contribution in [0.5, 0.6) is 11.5 Å². The molecular formula is C23H27N3O5. The molecule has 2 heterocycles. The first-order chi connectivity index (χ1) is 14.9. The summed E-state index contributed by atoms with van der Waals surface area (Å²) in [5.74, 6) is -0.778. The predicted octanol–water partition coefficient (Wildman–Crippen LogP) is 2.47. The summed E-state index contributed by atoms with van der Waals surface area (Å²) in [5, 5.41) is 11.2. The van der Waals surface area contributed by atoms with Gasteiger partial charge in [-0.2, -0.15) is 0 Å². The molecule has 8 nitrogen and oxygen atoms in total. The van der Waals surface area contributed by atoms with Crippen LogP contribution in [-0.2, 0) is 9.59 Å². The van der Waals surface area contributed by atoms with E-state index in [0.717, 1.165) is 6.54 Å². The molecule has 1 atom stereocenters. The van der Waals surface area contributed by atoms with Gasteiger partial charge in [0.15, 0.2) is 0 Å². The van der Waals surface area contributed by atoms with Gasteiger partial charge in [-0.1, -0.05) is 6.07 Å². The molecule has 0 spiro atoms. The van der Waals surface area contributed by atoms with E-state index >= 15 is 0 Å². The zero-order chi connectivity index (χ0) is 22.5. The second-order valence-corrected chi connectivity index (χ2v) is 7.50. The van der Waals surface area contributed by atoms with E-state index in [2.05, 4.69) is 4.98 Å². The first-order valence-electron chi connectivity index (χ1n) is 9.94. The van der Waals surface area contributed by atoms with Gasteiger partial charge >= 0.3 is 0 Å². The summed E-state index contributed by atoms with van der Waals surface area (Å²) in [6, 6.07) is 7.67. The molecule has 3 rings (SSSR count). The maximum absolute atomic E-state index is 13.0. The smallest absolute Gasteiger partial charge is 0.295 e. The number of hydrogen-bond donors (Lipinski definition) is 1. The van der Waals surface area contributed by atoms with Gasteiger partial charge in [-0.25, -0.2) is 0 Å². The summed E-state index contributed by atoms with van der Waals surface area (Å²) in [4.78, 5) is 33.6. The van der Waals surface area contributed by atoms with Crippen LogP contribution in [-0.4, -0.2) is 73.0 Å². The number of aliphatic hydroxyl groups excluding tert-OH is 1. The Morgan fingerprint density at radius 1 is 1.19 bits per heavy atom. The zero-order valence-corrected chi connectivity index (χ0v) is 18.2. The summed E-state index contributed by atoms with van der Waals surface area (Å²) in [7, 11) is 6.88. The normalized spacial score (nSPS) is 18.0. The lowest BCUT2D eigenvalue weighted by Crippen LogP contribution is -2.32. The number of amides is 1. The number of hydrogen-bond acceptors (Lipinski definition) is 7. The number of ketones is 1. The molecule has 1 fully saturated rings. The molecule has 164 valence electrons. The summed E-state index contributed by atoms with van der Waals surface area (Å²) < 4.78 is 10.6. The predicted molar refractivity (Wildman–Crippen MR) is 116 cm³/mol. The number of rotatable bonds is 8. The topological polar surface area (TPSA) is 92.2 Å². The van der Waals surface area contributed by atoms with Crippen LogP contribution in [0.2, 0.25) is 0 Å². The van der Waals surface area contributed by atoms with Gasteiger partial charge < -0.3 is 24.4 Å². The Labute approximate surface area is 181 Å². The minimum atomic E-state index is -0.734. The van der Waals surface area contributed by atoms with Gasteiger partial charge in [-0.3, -0.25) is 14.6 Å². The minimum Gasteiger partial charge on any atom is -0.507 e. The first kappa shape index (κ1) is 22.3. The van der Waals surface area contributed by atoms with Gasteiger partial charge in [0.2, 0.25) is 0 Å². The standard InChI is InChI=1S/C23H27N3O5/c1-25(2)11-6-12-26-20(15-7-5-10-24-14-15)19(22(28)23(26)29)21(27)17-9-8-16(30-3)13-18(17)31-4/h5,7-10,13-14,20,27H,6,11-12H2,1-4H3/t20-/m0/s1. The van der Waals surface area contributed by atoms with Crippen molar-refractivity contribution in [2.45, 2.75) is 12.5 Å². The van der Waals surface area contributed by atoms with E-state index < -0.39 is 17.7 Å². The van der Waals surface area contributed by atoms with E-state index in [0.29, 0.717) is 35.6 Å². The maximum Gasteiger partial charge on any atom is 0.295 e. The van der Waals surface area contributed by atoms with Crippen LogP contribution in [0.4, 0.5) is 0 Å². The molecule has 0 unspecified atom stereocenters. The fourth-order valence-corrected chi connectivity index (χ4v) is 3.69. The lowest BCUT2D eigenvalue weighted by atomic mass is 9.96. The van der Waals surface area contributed by atoms with Crippen LogP contribution in [0.1, 0.15) is 23.6 Å². The number of aromatic nitrogens is 1. The molecule has 1 amide bonds. The highest BCUT2D eigenvalue weighted by molar-refractivity contribution is 6.46. The van der Waals surface area contributed by atoms with Crippen molar-refractivity contribution in [3.05, 3.63) is 59.4 Å². The zero-order valence-electron chi connectivity index (χ0n) is 18.2. The van der Waals surface area contributed by atoms with E-state index in [-0.39, 0.29) is 11.3 Å². The van der Waals surface area contributed by atoms with Crippen molar-refractivity contribution in [1.82, 2.24) is 14.8 Å². The van der Waals surface area contributed by atoms with Crippen molar-refractivity contribution in [2.75, 3.05) is 41.4 Å². The highest BCUT2D eigenvalue weighted by Crippen LogP contribution is 2.41. The van der Waals surface area contributed by atoms with Crippen molar-refractivity contribution >= 4 is 17.4 Å². The highest BCUT2D eigenvalue weighted by Gasteiger charge is 2.46. The van der Waals surface area contributed by atoms with Gasteiger partial charge in [0.05, 0.1) is 31.4 Å². The Balaban J connectivity index is 2.12. The number of nitrogens with zero attached hydrogens (tertiary/aromatic N) is 3. The quantitative estimate of drug-likeness (QED) is 0.395. The fraction of sp³-hybridized carbons (Fsp3) is 0.348. The molecule has 1 aromatic carbocycles. The van der Waals surface area contributed by atoms with Crippen molar-refractivity contribution in [3.8, 4) is 11.5 Å². The Kier molecular flexibility index (Phi) is 6.91. The molecule has 0 bridgehead atoms. The minimum absolute atomic E-state index is 0.0197. The first-order valence-corrected chi connectivity index (χ1v) is 9.94. The van der Waals surface area contributed by atoms with Crippen molar-refractivity contribution in [3.63, 3.8) is 0 Å². The summed E-state index contributed by atoms with van der Waals surface area (Å²) in [6.07, 6.45) is 3.91. The average molecular weight is 425 g/mol. The van der Waals surface area contributed by atoms with Gasteiger partial charge in [-0.15, -0.1) is 0 Å². The van der Waals surface area contributed by atoms with Crippen LogP contribution in [0.3, 0.4) is 0 Å². The molecule has 1 aliphatic rings. The van der Waals surface area contributed by atoms with Crippen molar-refractivity contribution in [2.24, 2.45) is 0 Å². The van der Waals surface area contributed by atoms with Gasteiger partial charge in [0, 0.05) is 25.0 Å². The number of likely N-dealkylation sites (tertiary alicyclic amines) is 1. The van der Waals surface area contributed by atoms with Crippen LogP contribution >= 0.6 is 0 Å². The second-order valence-electron chi connectivity index (χ2n) is 7.50. The number of ether oxygens (including phenoxy) is 2. The van der Waals surface area contributed by atoms with Crippen LogP contribution in [0.15, 0.2) is 48.3 Å². The van der Waals surface area contributed by atoms with E-state index in [9.17, 15) is 14.7 Å². The lowest BCUT2D eigenvalue weighted by Gasteiger charge is -2.25. The summed E-state index contributed by atoms with van der Waals surface area (Å²) in [5.41, 5.74) is 0.982. The Hall–Kier alpha value is -3.39. The van der Waals surface area contributed by atoms with E-state index in [4.69, 9.17) is 9.47 Å². The van der Waals surface area contributed by atoms with Crippen molar-refractivity contribution < 1.29 is 24.2 Å². The number of pyridine rings is 1. The van der Waals surface area contributed by atoms with Gasteiger partial charge in [-0.05, 0) is 50.8 Å². The molecule has 31 heavy (non-hydrogen) atoms. The molecule has 1 saturated heterocycles. The third-order valence-electron chi connectivity index (χ3n) is 5.21. The maximum atomic E-state index is 13.0. The SMILES string of the molecule is COc1ccc(C(O)=C2C(=O)C(=O)N(CCCN(C)C)[C@H]2c2cccnc2)c(OC)c1. The molecule has 1 aliphatic heterocycles. The third kappa shape index (κ3) is 4.54. The third-order valence-corrected chi connectivity index (χ3v) is 5.21. The Morgan fingerprint density at radius 3 is 2.58 bits per heavy atom. The molecular weight excluding hydrogens is 398 g/mol. The Bertz CT molecular complexity index is 988. The number of methoxy groups -OCH3 is 2. The van der Waals surface area contributed by atoms with E-state index in [1.165, 1.54) is 19.1 Å². The number of aliphatic hydroxyl groups is 1. The van der Waals surface area contributed by atoms with Crippen molar-refractivity contribution in [1.29, 1.82) is 0 Å². The van der Waals surface area contributed by atoms with Crippen LogP contribution < -0.4 is 9.47 Å². The molecule has 1 N–H and O–H groups in total. The number of benzene rings is 1. The molecule has 8 heteroatoms. The molecule has 1 aromatic heterocycles. The lowest BCUT2D eigenvalue weighted by molar-refractivity contribution is -0.139. The molecule has 0 saturated carbocycles. The van der Waals surface area contributed by atoms with Crippen LogP contribution in [0.25, 0.3) is 5.76 Å². The fourth-order valence-electron chi connectivity index (χ4n) is 3.69. The van der Waals surface area contributed by atoms with E-state index in [1.54, 1.807) is 42.7 Å². The van der Waals surface area contributed by atoms with E-state index in [1.807, 2.05) is 19.0 Å². The summed E-state index contributed by atoms with van der Waals surface area (Å²) in [6.45, 7) is 1.13. The molecule has 2 aromatic rings. The highest BCUT2D eigenvalue weighted by atomic mass is 16.5. The van der Waals surface area contributed by atoms with Gasteiger partial charge in [0.1, 0.15) is 17.3 Å². The molecule has 0 aliphatic carbocycles. The second kappa shape index (κ2) is 9.61.